The zero-order chi connectivity index (χ0) is 13.7. The molecule has 1 atom stereocenters. The Bertz CT molecular complexity index is 525. The fourth-order valence-electron chi connectivity index (χ4n) is 1.73. The molecule has 1 heterocycles. The highest BCUT2D eigenvalue weighted by Gasteiger charge is 2.20. The van der Waals surface area contributed by atoms with Gasteiger partial charge in [-0.1, -0.05) is 29.8 Å². The quantitative estimate of drug-likeness (QED) is 0.859. The zero-order valence-electron chi connectivity index (χ0n) is 10.4. The van der Waals surface area contributed by atoms with Gasteiger partial charge in [0.2, 0.25) is 0 Å². The normalized spacial score (nSPS) is 12.1. The molecule has 0 fully saturated rings. The van der Waals surface area contributed by atoms with E-state index in [1.807, 2.05) is 29.6 Å². The third-order valence-electron chi connectivity index (χ3n) is 2.70. The van der Waals surface area contributed by atoms with Gasteiger partial charge in [0.1, 0.15) is 6.04 Å². The average molecular weight is 296 g/mol. The van der Waals surface area contributed by atoms with Crippen LogP contribution in [0.5, 0.6) is 0 Å². The smallest absolute Gasteiger partial charge is 0.327 e. The molecule has 19 heavy (non-hydrogen) atoms. The van der Waals surface area contributed by atoms with E-state index in [0.29, 0.717) is 11.6 Å². The summed E-state index contributed by atoms with van der Waals surface area (Å²) in [4.78, 5) is 13.0. The van der Waals surface area contributed by atoms with E-state index in [2.05, 4.69) is 5.32 Å². The molecule has 0 aliphatic heterocycles. The lowest BCUT2D eigenvalue weighted by Gasteiger charge is -2.16. The Labute approximate surface area is 121 Å². The number of thiophene rings is 1. The first-order valence-corrected chi connectivity index (χ1v) is 7.05. The number of carbonyl (C=O) groups is 1. The van der Waals surface area contributed by atoms with E-state index in [0.717, 1.165) is 5.56 Å². The summed E-state index contributed by atoms with van der Waals surface area (Å²) in [6.45, 7) is 0.625. The number of hydrogen-bond acceptors (Lipinski definition) is 4. The van der Waals surface area contributed by atoms with Crippen LogP contribution >= 0.6 is 22.9 Å². The van der Waals surface area contributed by atoms with E-state index in [4.69, 9.17) is 16.3 Å². The van der Waals surface area contributed by atoms with Crippen molar-refractivity contribution in [3.8, 4) is 0 Å². The number of esters is 1. The van der Waals surface area contributed by atoms with Crippen LogP contribution in [0.4, 0.5) is 0 Å². The molecular weight excluding hydrogens is 282 g/mol. The third-order valence-corrected chi connectivity index (χ3v) is 3.83. The van der Waals surface area contributed by atoms with E-state index in [-0.39, 0.29) is 5.97 Å². The Hall–Kier alpha value is -1.36. The molecule has 1 unspecified atom stereocenters. The van der Waals surface area contributed by atoms with Crippen molar-refractivity contribution >= 4 is 28.9 Å². The van der Waals surface area contributed by atoms with Crippen molar-refractivity contribution in [2.24, 2.45) is 0 Å². The molecule has 1 aromatic heterocycles. The van der Waals surface area contributed by atoms with Gasteiger partial charge in [0.15, 0.2) is 0 Å². The Morgan fingerprint density at radius 2 is 2.11 bits per heavy atom. The second kappa shape index (κ2) is 6.70. The predicted molar refractivity (Wildman–Crippen MR) is 77.4 cm³/mol. The van der Waals surface area contributed by atoms with Crippen molar-refractivity contribution in [3.63, 3.8) is 0 Å². The molecular formula is C14H14ClNO2S. The molecule has 2 aromatic rings. The first kappa shape index (κ1) is 14.1. The zero-order valence-corrected chi connectivity index (χ0v) is 12.0. The molecule has 1 N–H and O–H groups in total. The first-order valence-electron chi connectivity index (χ1n) is 5.80. The van der Waals surface area contributed by atoms with Gasteiger partial charge in [-0.2, -0.15) is 0 Å². The van der Waals surface area contributed by atoms with Crippen LogP contribution in [-0.4, -0.2) is 13.1 Å². The maximum Gasteiger partial charge on any atom is 0.327 e. The number of benzene rings is 1. The van der Waals surface area contributed by atoms with Gasteiger partial charge in [-0.15, -0.1) is 11.3 Å². The molecule has 5 heteroatoms. The lowest BCUT2D eigenvalue weighted by molar-refractivity contribution is -0.143. The van der Waals surface area contributed by atoms with E-state index >= 15 is 0 Å². The minimum atomic E-state index is -0.482. The second-order valence-electron chi connectivity index (χ2n) is 3.97. The number of ether oxygens (including phenoxy) is 1. The SMILES string of the molecule is COC(=O)C(NCc1cccs1)c1ccc(Cl)cc1. The Morgan fingerprint density at radius 3 is 2.68 bits per heavy atom. The lowest BCUT2D eigenvalue weighted by atomic mass is 10.1. The highest BCUT2D eigenvalue weighted by molar-refractivity contribution is 7.09. The average Bonchev–Trinajstić information content (AvgIpc) is 2.93. The molecule has 3 nitrogen and oxygen atoms in total. The molecule has 0 bridgehead atoms. The Balaban J connectivity index is 2.11. The van der Waals surface area contributed by atoms with Gasteiger partial charge >= 0.3 is 5.97 Å². The van der Waals surface area contributed by atoms with Crippen molar-refractivity contribution < 1.29 is 9.53 Å². The molecule has 0 radical (unpaired) electrons. The largest absolute Gasteiger partial charge is 0.468 e. The van der Waals surface area contributed by atoms with Crippen LogP contribution in [0, 0.1) is 0 Å². The molecule has 100 valence electrons. The number of carbonyl (C=O) groups excluding carboxylic acids is 1. The van der Waals surface area contributed by atoms with E-state index < -0.39 is 6.04 Å². The molecule has 0 saturated heterocycles. The second-order valence-corrected chi connectivity index (χ2v) is 5.44. The Kier molecular flexibility index (Phi) is 4.96. The van der Waals surface area contributed by atoms with Gasteiger partial charge in [-0.25, -0.2) is 4.79 Å². The summed E-state index contributed by atoms with van der Waals surface area (Å²) in [7, 11) is 1.39. The van der Waals surface area contributed by atoms with Crippen LogP contribution in [0.1, 0.15) is 16.5 Å². The molecule has 1 aromatic carbocycles. The van der Waals surface area contributed by atoms with Crippen molar-refractivity contribution in [1.82, 2.24) is 5.32 Å². The molecule has 2 rings (SSSR count). The highest BCUT2D eigenvalue weighted by Crippen LogP contribution is 2.19. The van der Waals surface area contributed by atoms with Gasteiger partial charge in [0.25, 0.3) is 0 Å². The van der Waals surface area contributed by atoms with Crippen LogP contribution in [0.2, 0.25) is 5.02 Å². The van der Waals surface area contributed by atoms with Gasteiger partial charge in [0.05, 0.1) is 7.11 Å². The summed E-state index contributed by atoms with van der Waals surface area (Å²) in [5.74, 6) is -0.307. The minimum absolute atomic E-state index is 0.307. The van der Waals surface area contributed by atoms with Gasteiger partial charge in [-0.3, -0.25) is 5.32 Å². The predicted octanol–water partition coefficient (Wildman–Crippen LogP) is 3.41. The maximum absolute atomic E-state index is 11.8. The molecule has 0 aliphatic rings. The number of halogens is 1. The molecule has 0 spiro atoms. The maximum atomic E-state index is 11.8. The van der Waals surface area contributed by atoms with E-state index in [1.54, 1.807) is 23.5 Å². The minimum Gasteiger partial charge on any atom is -0.468 e. The molecule has 0 saturated carbocycles. The van der Waals surface area contributed by atoms with E-state index in [1.165, 1.54) is 12.0 Å². The summed E-state index contributed by atoms with van der Waals surface area (Å²) < 4.78 is 4.84. The standard InChI is InChI=1S/C14H14ClNO2S/c1-18-14(17)13(10-4-6-11(15)7-5-10)16-9-12-3-2-8-19-12/h2-8,13,16H,9H2,1H3. The molecule has 0 amide bonds. The Morgan fingerprint density at radius 1 is 1.37 bits per heavy atom. The topological polar surface area (TPSA) is 38.3 Å². The first-order chi connectivity index (χ1) is 9.20. The van der Waals surface area contributed by atoms with Crippen LogP contribution < -0.4 is 5.32 Å². The fraction of sp³-hybridized carbons (Fsp3) is 0.214. The van der Waals surface area contributed by atoms with Crippen molar-refractivity contribution in [3.05, 3.63) is 57.2 Å². The summed E-state index contributed by atoms with van der Waals surface area (Å²) >= 11 is 7.50. The van der Waals surface area contributed by atoms with Crippen molar-refractivity contribution in [2.45, 2.75) is 12.6 Å². The van der Waals surface area contributed by atoms with Gasteiger partial charge < -0.3 is 4.74 Å². The van der Waals surface area contributed by atoms with Crippen LogP contribution in [0.3, 0.4) is 0 Å². The van der Waals surface area contributed by atoms with E-state index in [9.17, 15) is 4.79 Å². The van der Waals surface area contributed by atoms with Crippen LogP contribution in [0.15, 0.2) is 41.8 Å². The summed E-state index contributed by atoms with van der Waals surface area (Å²) in [6.07, 6.45) is 0. The summed E-state index contributed by atoms with van der Waals surface area (Å²) in [6, 6.07) is 10.7. The van der Waals surface area contributed by atoms with Crippen LogP contribution in [-0.2, 0) is 16.1 Å². The lowest BCUT2D eigenvalue weighted by Crippen LogP contribution is -2.29. The summed E-state index contributed by atoms with van der Waals surface area (Å²) in [5.41, 5.74) is 0.841. The number of rotatable bonds is 5. The van der Waals surface area contributed by atoms with Crippen molar-refractivity contribution in [1.29, 1.82) is 0 Å². The number of methoxy groups -OCH3 is 1. The van der Waals surface area contributed by atoms with Crippen molar-refractivity contribution in [2.75, 3.05) is 7.11 Å². The highest BCUT2D eigenvalue weighted by atomic mass is 35.5. The number of nitrogens with one attached hydrogen (secondary N) is 1. The van der Waals surface area contributed by atoms with Crippen LogP contribution in [0.25, 0.3) is 0 Å². The third kappa shape index (κ3) is 3.80. The van der Waals surface area contributed by atoms with Gasteiger partial charge in [-0.05, 0) is 29.1 Å². The molecule has 0 aliphatic carbocycles. The fourth-order valence-corrected chi connectivity index (χ4v) is 2.51. The number of hydrogen-bond donors (Lipinski definition) is 1. The summed E-state index contributed by atoms with van der Waals surface area (Å²) in [5, 5.41) is 5.85. The monoisotopic (exact) mass is 295 g/mol. The van der Waals surface area contributed by atoms with Gasteiger partial charge in [0, 0.05) is 16.4 Å².